The van der Waals surface area contributed by atoms with Gasteiger partial charge in [-0.3, -0.25) is 4.79 Å². The van der Waals surface area contributed by atoms with Gasteiger partial charge < -0.3 is 9.47 Å². The van der Waals surface area contributed by atoms with Crippen molar-refractivity contribution in [2.75, 3.05) is 18.5 Å². The minimum Gasteiger partial charge on any atom is -0.466 e. The third-order valence-electron chi connectivity index (χ3n) is 6.48. The second-order valence-electron chi connectivity index (χ2n) is 9.81. The SMILES string of the molecule is C=CC(=O)OCCCCCCCCCCCCCCC(=O)OCCCCCCCCCCCCBr. The van der Waals surface area contributed by atoms with E-state index in [1.54, 1.807) is 0 Å². The molecular formula is C30H55BrO4. The lowest BCUT2D eigenvalue weighted by molar-refractivity contribution is -0.144. The number of unbranched alkanes of at least 4 members (excludes halogenated alkanes) is 20. The number of hydrogen-bond donors (Lipinski definition) is 0. The number of halogens is 1. The van der Waals surface area contributed by atoms with Gasteiger partial charge in [-0.1, -0.05) is 138 Å². The molecule has 0 fully saturated rings. The Morgan fingerprint density at radius 3 is 1.26 bits per heavy atom. The molecule has 0 aliphatic heterocycles. The highest BCUT2D eigenvalue weighted by molar-refractivity contribution is 9.09. The van der Waals surface area contributed by atoms with Crippen molar-refractivity contribution in [1.82, 2.24) is 0 Å². The van der Waals surface area contributed by atoms with E-state index in [0.29, 0.717) is 19.6 Å². The lowest BCUT2D eigenvalue weighted by Crippen LogP contribution is -2.05. The van der Waals surface area contributed by atoms with Crippen LogP contribution in [0.5, 0.6) is 0 Å². The van der Waals surface area contributed by atoms with Crippen LogP contribution in [0.15, 0.2) is 12.7 Å². The van der Waals surface area contributed by atoms with Crippen LogP contribution in [0.3, 0.4) is 0 Å². The Balaban J connectivity index is 3.17. The van der Waals surface area contributed by atoms with Crippen molar-refractivity contribution in [3.63, 3.8) is 0 Å². The Labute approximate surface area is 225 Å². The van der Waals surface area contributed by atoms with Gasteiger partial charge in [0, 0.05) is 17.8 Å². The van der Waals surface area contributed by atoms with E-state index in [1.165, 1.54) is 115 Å². The first-order valence-corrected chi connectivity index (χ1v) is 15.8. The highest BCUT2D eigenvalue weighted by atomic mass is 79.9. The van der Waals surface area contributed by atoms with E-state index in [4.69, 9.17) is 9.47 Å². The fourth-order valence-electron chi connectivity index (χ4n) is 4.24. The number of rotatable bonds is 28. The normalized spacial score (nSPS) is 10.9. The predicted molar refractivity (Wildman–Crippen MR) is 152 cm³/mol. The molecule has 0 spiro atoms. The van der Waals surface area contributed by atoms with Gasteiger partial charge in [-0.2, -0.15) is 0 Å². The topological polar surface area (TPSA) is 52.6 Å². The third kappa shape index (κ3) is 29.3. The van der Waals surface area contributed by atoms with Crippen molar-refractivity contribution >= 4 is 27.9 Å². The Bertz CT molecular complexity index is 481. The standard InChI is InChI=1S/C30H55BrO4/c1-2-29(32)34-27-23-19-15-11-7-4-3-5-9-13-17-21-25-30(33)35-28-24-20-16-12-8-6-10-14-18-22-26-31/h2H,1,3-28H2. The molecule has 0 atom stereocenters. The van der Waals surface area contributed by atoms with Crippen LogP contribution in [0.1, 0.15) is 148 Å². The van der Waals surface area contributed by atoms with Gasteiger partial charge in [0.1, 0.15) is 0 Å². The van der Waals surface area contributed by atoms with Crippen molar-refractivity contribution in [2.45, 2.75) is 148 Å². The van der Waals surface area contributed by atoms with E-state index < -0.39 is 0 Å². The molecule has 0 aromatic heterocycles. The Kier molecular flexibility index (Phi) is 28.7. The van der Waals surface area contributed by atoms with Gasteiger partial charge >= 0.3 is 11.9 Å². The van der Waals surface area contributed by atoms with Gasteiger partial charge in [0.2, 0.25) is 0 Å². The van der Waals surface area contributed by atoms with Gasteiger partial charge in [0.15, 0.2) is 0 Å². The van der Waals surface area contributed by atoms with Crippen LogP contribution in [0, 0.1) is 0 Å². The summed E-state index contributed by atoms with van der Waals surface area (Å²) in [6, 6.07) is 0. The van der Waals surface area contributed by atoms with Crippen molar-refractivity contribution in [2.24, 2.45) is 0 Å². The monoisotopic (exact) mass is 558 g/mol. The number of alkyl halides is 1. The fraction of sp³-hybridized carbons (Fsp3) is 0.867. The number of esters is 2. The van der Waals surface area contributed by atoms with Crippen molar-refractivity contribution in [1.29, 1.82) is 0 Å². The summed E-state index contributed by atoms with van der Waals surface area (Å²) in [5.74, 6) is -0.328. The zero-order chi connectivity index (χ0) is 25.7. The molecule has 5 heteroatoms. The molecule has 0 amide bonds. The lowest BCUT2D eigenvalue weighted by atomic mass is 10.0. The van der Waals surface area contributed by atoms with Gasteiger partial charge in [-0.15, -0.1) is 0 Å². The molecule has 206 valence electrons. The molecule has 0 heterocycles. The first kappa shape index (κ1) is 34.2. The molecule has 0 radical (unpaired) electrons. The summed E-state index contributed by atoms with van der Waals surface area (Å²) in [6.45, 7) is 4.51. The molecule has 0 N–H and O–H groups in total. The second-order valence-corrected chi connectivity index (χ2v) is 10.6. The summed E-state index contributed by atoms with van der Waals surface area (Å²) in [5, 5.41) is 1.14. The average Bonchev–Trinajstić information content (AvgIpc) is 2.86. The summed E-state index contributed by atoms with van der Waals surface area (Å²) in [5.41, 5.74) is 0. The summed E-state index contributed by atoms with van der Waals surface area (Å²) < 4.78 is 10.4. The summed E-state index contributed by atoms with van der Waals surface area (Å²) in [7, 11) is 0. The predicted octanol–water partition coefficient (Wildman–Crippen LogP) is 9.63. The van der Waals surface area contributed by atoms with E-state index in [9.17, 15) is 9.59 Å². The highest BCUT2D eigenvalue weighted by Crippen LogP contribution is 2.14. The number of carbonyl (C=O) groups excluding carboxylic acids is 2. The molecule has 0 aliphatic rings. The fourth-order valence-corrected chi connectivity index (χ4v) is 4.64. The zero-order valence-corrected chi connectivity index (χ0v) is 24.3. The van der Waals surface area contributed by atoms with Gasteiger partial charge in [-0.25, -0.2) is 4.79 Å². The van der Waals surface area contributed by atoms with Crippen LogP contribution in [-0.4, -0.2) is 30.5 Å². The van der Waals surface area contributed by atoms with E-state index >= 15 is 0 Å². The third-order valence-corrected chi connectivity index (χ3v) is 7.04. The smallest absolute Gasteiger partial charge is 0.330 e. The van der Waals surface area contributed by atoms with E-state index in [1.807, 2.05) is 0 Å². The maximum absolute atomic E-state index is 11.8. The van der Waals surface area contributed by atoms with Crippen LogP contribution in [0.2, 0.25) is 0 Å². The van der Waals surface area contributed by atoms with Gasteiger partial charge in [0.05, 0.1) is 13.2 Å². The minimum absolute atomic E-state index is 0.00709. The molecule has 0 aromatic carbocycles. The number of carbonyl (C=O) groups is 2. The van der Waals surface area contributed by atoms with Crippen LogP contribution in [0.4, 0.5) is 0 Å². The molecule has 4 nitrogen and oxygen atoms in total. The van der Waals surface area contributed by atoms with Crippen molar-refractivity contribution in [3.05, 3.63) is 12.7 Å². The van der Waals surface area contributed by atoms with Crippen molar-refractivity contribution in [3.8, 4) is 0 Å². The Morgan fingerprint density at radius 2 is 0.857 bits per heavy atom. The molecule has 0 bridgehead atoms. The first-order valence-electron chi connectivity index (χ1n) is 14.7. The minimum atomic E-state index is -0.320. The molecule has 0 rings (SSSR count). The molecule has 0 aromatic rings. The van der Waals surface area contributed by atoms with Crippen LogP contribution < -0.4 is 0 Å². The number of ether oxygens (including phenoxy) is 2. The van der Waals surface area contributed by atoms with Crippen LogP contribution in [-0.2, 0) is 19.1 Å². The second kappa shape index (κ2) is 29.4. The molecule has 0 saturated carbocycles. The van der Waals surface area contributed by atoms with Gasteiger partial charge in [0.25, 0.3) is 0 Å². The zero-order valence-electron chi connectivity index (χ0n) is 22.7. The summed E-state index contributed by atoms with van der Waals surface area (Å²) in [6.07, 6.45) is 29.2. The molecular weight excluding hydrogens is 504 g/mol. The van der Waals surface area contributed by atoms with Gasteiger partial charge in [-0.05, 0) is 25.7 Å². The number of hydrogen-bond acceptors (Lipinski definition) is 4. The molecule has 0 unspecified atom stereocenters. The molecule has 0 aliphatic carbocycles. The maximum Gasteiger partial charge on any atom is 0.330 e. The average molecular weight is 560 g/mol. The first-order chi connectivity index (χ1) is 17.2. The highest BCUT2D eigenvalue weighted by Gasteiger charge is 2.03. The van der Waals surface area contributed by atoms with Crippen LogP contribution in [0.25, 0.3) is 0 Å². The Hall–Kier alpha value is -0.840. The Morgan fingerprint density at radius 1 is 0.514 bits per heavy atom. The molecule has 35 heavy (non-hydrogen) atoms. The van der Waals surface area contributed by atoms with Crippen molar-refractivity contribution < 1.29 is 19.1 Å². The van der Waals surface area contributed by atoms with E-state index in [2.05, 4.69) is 22.5 Å². The maximum atomic E-state index is 11.8. The van der Waals surface area contributed by atoms with E-state index in [-0.39, 0.29) is 11.9 Å². The van der Waals surface area contributed by atoms with Crippen LogP contribution >= 0.6 is 15.9 Å². The lowest BCUT2D eigenvalue weighted by Gasteiger charge is -2.06. The summed E-state index contributed by atoms with van der Waals surface area (Å²) in [4.78, 5) is 22.7. The summed E-state index contributed by atoms with van der Waals surface area (Å²) >= 11 is 3.48. The molecule has 0 saturated heterocycles. The largest absolute Gasteiger partial charge is 0.466 e. The quantitative estimate of drug-likeness (QED) is 0.0414. The van der Waals surface area contributed by atoms with E-state index in [0.717, 1.165) is 37.4 Å².